The lowest BCUT2D eigenvalue weighted by Crippen LogP contribution is -2.42. The number of halogens is 1. The molecule has 2 aromatic rings. The number of aryl methyl sites for hydroxylation is 1. The predicted octanol–water partition coefficient (Wildman–Crippen LogP) is 4.27. The van der Waals surface area contributed by atoms with Crippen LogP contribution in [0, 0.1) is 5.92 Å². The molecule has 1 saturated carbocycles. The van der Waals surface area contributed by atoms with E-state index >= 15 is 0 Å². The van der Waals surface area contributed by atoms with Crippen molar-refractivity contribution in [2.24, 2.45) is 5.92 Å². The van der Waals surface area contributed by atoms with Crippen LogP contribution >= 0.6 is 11.6 Å². The number of rotatable bonds is 8. The number of carboxylic acid groups (broad SMARTS) is 1. The van der Waals surface area contributed by atoms with Gasteiger partial charge in [0.15, 0.2) is 0 Å². The van der Waals surface area contributed by atoms with Gasteiger partial charge in [-0.25, -0.2) is 0 Å². The van der Waals surface area contributed by atoms with E-state index in [4.69, 9.17) is 26.2 Å². The maximum absolute atomic E-state index is 11.0. The van der Waals surface area contributed by atoms with Gasteiger partial charge in [0.25, 0.3) is 0 Å². The maximum atomic E-state index is 11.0. The average Bonchev–Trinajstić information content (AvgIpc) is 3.27. The monoisotopic (exact) mass is 472 g/mol. The van der Waals surface area contributed by atoms with Gasteiger partial charge in [-0.05, 0) is 38.0 Å². The van der Waals surface area contributed by atoms with Gasteiger partial charge in [-0.3, -0.25) is 4.79 Å². The minimum atomic E-state index is -1.10. The second kappa shape index (κ2) is 9.37. The smallest absolute Gasteiger partial charge is 0.303 e. The van der Waals surface area contributed by atoms with Crippen LogP contribution in [0.4, 0.5) is 0 Å². The number of para-hydroxylation sites is 2. The number of hydrogen-bond acceptors (Lipinski definition) is 5. The molecule has 0 amide bonds. The highest BCUT2D eigenvalue weighted by Gasteiger charge is 2.49. The van der Waals surface area contributed by atoms with Crippen LogP contribution in [0.15, 0.2) is 59.6 Å². The third-order valence-corrected chi connectivity index (χ3v) is 6.83. The first kappa shape index (κ1) is 23.6. The number of aliphatic hydroxyl groups excluding tert-OH is 2. The Morgan fingerprint density at radius 3 is 2.67 bits per heavy atom. The zero-order valence-electron chi connectivity index (χ0n) is 18.6. The number of carboxylic acids is 1. The summed E-state index contributed by atoms with van der Waals surface area (Å²) in [6, 6.07) is 14.9. The van der Waals surface area contributed by atoms with Crippen molar-refractivity contribution in [1.29, 1.82) is 0 Å². The summed E-state index contributed by atoms with van der Waals surface area (Å²) in [4.78, 5) is 11.0. The average molecular weight is 473 g/mol. The molecule has 1 aliphatic heterocycles. The Morgan fingerprint density at radius 2 is 1.97 bits per heavy atom. The van der Waals surface area contributed by atoms with Crippen molar-refractivity contribution in [2.75, 3.05) is 0 Å². The predicted molar refractivity (Wildman–Crippen MR) is 125 cm³/mol. The summed E-state index contributed by atoms with van der Waals surface area (Å²) in [6.07, 6.45) is 0.561. The molecular formula is C26H29ClO6. The molecule has 0 spiro atoms. The van der Waals surface area contributed by atoms with Crippen molar-refractivity contribution < 1.29 is 29.6 Å². The molecule has 1 heterocycles. The number of benzene rings is 2. The molecule has 0 unspecified atom stereocenters. The first-order valence-electron chi connectivity index (χ1n) is 11.1. The minimum absolute atomic E-state index is 0.0234. The molecule has 0 saturated heterocycles. The topological polar surface area (TPSA) is 96.2 Å². The Kier molecular flexibility index (Phi) is 6.71. The molecule has 7 heteroatoms. The van der Waals surface area contributed by atoms with E-state index in [9.17, 15) is 15.0 Å². The fourth-order valence-electron chi connectivity index (χ4n) is 4.83. The van der Waals surface area contributed by atoms with Crippen molar-refractivity contribution >= 4 is 17.6 Å². The van der Waals surface area contributed by atoms with Gasteiger partial charge in [0, 0.05) is 35.3 Å². The van der Waals surface area contributed by atoms with Crippen LogP contribution < -0.4 is 9.47 Å². The van der Waals surface area contributed by atoms with E-state index in [-0.39, 0.29) is 29.4 Å². The lowest BCUT2D eigenvalue weighted by molar-refractivity contribution is -0.136. The first-order chi connectivity index (χ1) is 15.7. The van der Waals surface area contributed by atoms with E-state index in [1.54, 1.807) is 19.9 Å². The molecule has 1 fully saturated rings. The number of aliphatic hydroxyl groups is 2. The molecule has 176 valence electrons. The van der Waals surface area contributed by atoms with Crippen molar-refractivity contribution in [3.8, 4) is 11.5 Å². The third-order valence-electron chi connectivity index (χ3n) is 6.49. The van der Waals surface area contributed by atoms with Gasteiger partial charge in [0.05, 0.1) is 6.10 Å². The van der Waals surface area contributed by atoms with E-state index in [0.717, 1.165) is 11.1 Å². The number of aliphatic carboxylic acids is 1. The molecular weight excluding hydrogens is 444 g/mol. The van der Waals surface area contributed by atoms with Gasteiger partial charge in [0.2, 0.25) is 0 Å². The summed E-state index contributed by atoms with van der Waals surface area (Å²) in [7, 11) is 0. The van der Waals surface area contributed by atoms with Gasteiger partial charge in [-0.15, -0.1) is 0 Å². The van der Waals surface area contributed by atoms with E-state index in [2.05, 4.69) is 0 Å². The Balaban J connectivity index is 1.56. The molecule has 0 bridgehead atoms. The molecule has 2 aliphatic rings. The van der Waals surface area contributed by atoms with E-state index < -0.39 is 23.8 Å². The fourth-order valence-corrected chi connectivity index (χ4v) is 5.24. The maximum Gasteiger partial charge on any atom is 0.303 e. The Hall–Kier alpha value is -2.54. The lowest BCUT2D eigenvalue weighted by atomic mass is 9.86. The van der Waals surface area contributed by atoms with Gasteiger partial charge in [0.1, 0.15) is 29.3 Å². The molecule has 3 N–H and O–H groups in total. The highest BCUT2D eigenvalue weighted by Crippen LogP contribution is 2.52. The van der Waals surface area contributed by atoms with Crippen molar-refractivity contribution in [1.82, 2.24) is 0 Å². The van der Waals surface area contributed by atoms with Crippen LogP contribution in [0.3, 0.4) is 0 Å². The highest BCUT2D eigenvalue weighted by molar-refractivity contribution is 6.30. The first-order valence-corrected chi connectivity index (χ1v) is 11.5. The second-order valence-corrected chi connectivity index (χ2v) is 9.70. The summed E-state index contributed by atoms with van der Waals surface area (Å²) in [6.45, 7) is 3.52. The van der Waals surface area contributed by atoms with Crippen LogP contribution in [0.2, 0.25) is 0 Å². The molecule has 0 aromatic heterocycles. The van der Waals surface area contributed by atoms with Crippen LogP contribution in [0.5, 0.6) is 11.5 Å². The highest BCUT2D eigenvalue weighted by atomic mass is 35.5. The molecule has 5 atom stereocenters. The van der Waals surface area contributed by atoms with Crippen LogP contribution in [-0.2, 0) is 11.2 Å². The number of fused-ring (bicyclic) bond motifs is 3. The molecule has 1 aliphatic carbocycles. The quantitative estimate of drug-likeness (QED) is 0.531. The lowest BCUT2D eigenvalue weighted by Gasteiger charge is -2.32. The van der Waals surface area contributed by atoms with Crippen LogP contribution in [0.25, 0.3) is 0 Å². The van der Waals surface area contributed by atoms with Gasteiger partial charge in [-0.1, -0.05) is 54.1 Å². The van der Waals surface area contributed by atoms with Gasteiger partial charge >= 0.3 is 5.97 Å². The zero-order chi connectivity index (χ0) is 23.8. The number of ether oxygens (including phenoxy) is 2. The summed E-state index contributed by atoms with van der Waals surface area (Å²) >= 11 is 6.57. The van der Waals surface area contributed by atoms with E-state index in [1.807, 2.05) is 48.5 Å². The molecule has 2 aromatic carbocycles. The van der Waals surface area contributed by atoms with E-state index in [1.165, 1.54) is 0 Å². The largest absolute Gasteiger partial charge is 0.489 e. The fraction of sp³-hybridized carbons (Fsp3) is 0.423. The summed E-state index contributed by atoms with van der Waals surface area (Å²) in [5, 5.41) is 31.0. The molecule has 6 nitrogen and oxygen atoms in total. The van der Waals surface area contributed by atoms with Crippen molar-refractivity contribution in [3.63, 3.8) is 0 Å². The van der Waals surface area contributed by atoms with Gasteiger partial charge in [-0.2, -0.15) is 0 Å². The second-order valence-electron chi connectivity index (χ2n) is 9.26. The molecule has 4 rings (SSSR count). The molecule has 0 radical (unpaired) electrons. The van der Waals surface area contributed by atoms with Crippen LogP contribution in [0.1, 0.15) is 43.7 Å². The van der Waals surface area contributed by atoms with Crippen molar-refractivity contribution in [2.45, 2.75) is 62.9 Å². The summed E-state index contributed by atoms with van der Waals surface area (Å²) in [5.41, 5.74) is 0.802. The minimum Gasteiger partial charge on any atom is -0.489 e. The Labute approximate surface area is 198 Å². The number of carbonyl (C=O) groups is 1. The molecule has 33 heavy (non-hydrogen) atoms. The van der Waals surface area contributed by atoms with Crippen LogP contribution in [-0.4, -0.2) is 45.2 Å². The third kappa shape index (κ3) is 4.88. The van der Waals surface area contributed by atoms with Crippen molar-refractivity contribution in [3.05, 3.63) is 70.8 Å². The Bertz CT molecular complexity index is 1030. The SMILES string of the molecule is CC(C)(Oc1ccccc1)[C@H](O)/C(Cl)=C/[C@@H]1[C@H]2c3cccc(CCC(=O)O)c3O[C@H]2C[C@H]1O. The zero-order valence-corrected chi connectivity index (χ0v) is 19.4. The Morgan fingerprint density at radius 1 is 1.24 bits per heavy atom. The van der Waals surface area contributed by atoms with Gasteiger partial charge < -0.3 is 24.8 Å². The normalized spacial score (nSPS) is 25.2. The standard InChI is InChI=1S/C26H29ClO6/c1-26(2,33-16-8-4-3-5-9-16)25(31)19(27)13-18-20(28)14-21-23(18)17-10-6-7-15(24(17)32-21)11-12-22(29)30/h3-10,13,18,20-21,23,25,28,31H,11-12,14H2,1-2H3,(H,29,30)/b19-13-/t18-,20+,21-,23+,25+/m0/s1. The van der Waals surface area contributed by atoms with E-state index in [0.29, 0.717) is 24.3 Å². The summed E-state index contributed by atoms with van der Waals surface area (Å²) in [5.74, 6) is 0.00474. The number of hydrogen-bond donors (Lipinski definition) is 3. The summed E-state index contributed by atoms with van der Waals surface area (Å²) < 4.78 is 12.1.